The Morgan fingerprint density at radius 1 is 1.40 bits per heavy atom. The Morgan fingerprint density at radius 3 is 2.90 bits per heavy atom. The molecule has 0 unspecified atom stereocenters. The SMILES string of the molecule is N#Cc1cccc(CNc2cc(C(N)=O)c(N)cn2)c1. The van der Waals surface area contributed by atoms with E-state index >= 15 is 0 Å². The van der Waals surface area contributed by atoms with Crippen LogP contribution in [0.3, 0.4) is 0 Å². The largest absolute Gasteiger partial charge is 0.397 e. The molecule has 0 spiro atoms. The fraction of sp³-hybridized carbons (Fsp3) is 0.0714. The lowest BCUT2D eigenvalue weighted by Crippen LogP contribution is -2.14. The first kappa shape index (κ1) is 13.4. The van der Waals surface area contributed by atoms with Gasteiger partial charge in [-0.25, -0.2) is 4.98 Å². The van der Waals surface area contributed by atoms with Crippen molar-refractivity contribution in [1.82, 2.24) is 4.98 Å². The fourth-order valence-corrected chi connectivity index (χ4v) is 1.72. The molecular formula is C14H13N5O. The Hall–Kier alpha value is -3.07. The molecule has 100 valence electrons. The van der Waals surface area contributed by atoms with Crippen molar-refractivity contribution in [1.29, 1.82) is 5.26 Å². The van der Waals surface area contributed by atoms with Gasteiger partial charge in [-0.3, -0.25) is 4.79 Å². The number of carbonyl (C=O) groups excluding carboxylic acids is 1. The van der Waals surface area contributed by atoms with Gasteiger partial charge in [0.25, 0.3) is 5.91 Å². The molecule has 6 heteroatoms. The van der Waals surface area contributed by atoms with Crippen LogP contribution in [0.15, 0.2) is 36.5 Å². The van der Waals surface area contributed by atoms with E-state index < -0.39 is 5.91 Å². The van der Waals surface area contributed by atoms with E-state index in [1.54, 1.807) is 18.2 Å². The highest BCUT2D eigenvalue weighted by molar-refractivity contribution is 5.98. The summed E-state index contributed by atoms with van der Waals surface area (Å²) in [6.45, 7) is 0.477. The molecule has 0 aliphatic carbocycles. The Morgan fingerprint density at radius 2 is 2.20 bits per heavy atom. The number of hydrogen-bond donors (Lipinski definition) is 3. The van der Waals surface area contributed by atoms with Gasteiger partial charge in [-0.05, 0) is 23.8 Å². The molecule has 0 bridgehead atoms. The number of carbonyl (C=O) groups is 1. The van der Waals surface area contributed by atoms with Gasteiger partial charge < -0.3 is 16.8 Å². The minimum absolute atomic E-state index is 0.230. The summed E-state index contributed by atoms with van der Waals surface area (Å²) in [6, 6.07) is 10.8. The van der Waals surface area contributed by atoms with Gasteiger partial charge in [-0.2, -0.15) is 5.26 Å². The van der Waals surface area contributed by atoms with Gasteiger partial charge in [-0.15, -0.1) is 0 Å². The van der Waals surface area contributed by atoms with Crippen LogP contribution in [0.1, 0.15) is 21.5 Å². The lowest BCUT2D eigenvalue weighted by molar-refractivity contribution is 0.100. The molecule has 0 aliphatic heterocycles. The predicted octanol–water partition coefficient (Wildman–Crippen LogP) is 1.25. The normalized spacial score (nSPS) is 9.75. The average molecular weight is 267 g/mol. The smallest absolute Gasteiger partial charge is 0.250 e. The number of nitrogens with zero attached hydrogens (tertiary/aromatic N) is 2. The van der Waals surface area contributed by atoms with Crippen molar-refractivity contribution in [3.8, 4) is 6.07 Å². The van der Waals surface area contributed by atoms with Crippen LogP contribution >= 0.6 is 0 Å². The number of primary amides is 1. The zero-order chi connectivity index (χ0) is 14.5. The topological polar surface area (TPSA) is 118 Å². The zero-order valence-electron chi connectivity index (χ0n) is 10.6. The first-order valence-electron chi connectivity index (χ1n) is 5.88. The first-order valence-corrected chi connectivity index (χ1v) is 5.88. The Balaban J connectivity index is 2.13. The van der Waals surface area contributed by atoms with Crippen LogP contribution in [-0.4, -0.2) is 10.9 Å². The van der Waals surface area contributed by atoms with Crippen LogP contribution in [-0.2, 0) is 6.54 Å². The van der Waals surface area contributed by atoms with E-state index in [0.717, 1.165) is 5.56 Å². The minimum Gasteiger partial charge on any atom is -0.397 e. The van der Waals surface area contributed by atoms with Crippen LogP contribution in [0.2, 0.25) is 0 Å². The third-order valence-corrected chi connectivity index (χ3v) is 2.73. The van der Waals surface area contributed by atoms with Gasteiger partial charge in [0.2, 0.25) is 0 Å². The quantitative estimate of drug-likeness (QED) is 0.770. The molecule has 20 heavy (non-hydrogen) atoms. The fourth-order valence-electron chi connectivity index (χ4n) is 1.72. The molecule has 0 aliphatic rings. The molecule has 6 nitrogen and oxygen atoms in total. The van der Waals surface area contributed by atoms with E-state index in [1.807, 2.05) is 6.07 Å². The predicted molar refractivity (Wildman–Crippen MR) is 75.7 cm³/mol. The monoisotopic (exact) mass is 267 g/mol. The zero-order valence-corrected chi connectivity index (χ0v) is 10.6. The third-order valence-electron chi connectivity index (χ3n) is 2.73. The second kappa shape index (κ2) is 5.71. The molecule has 0 saturated carbocycles. The van der Waals surface area contributed by atoms with Crippen LogP contribution < -0.4 is 16.8 Å². The number of nitrogen functional groups attached to an aromatic ring is 1. The van der Waals surface area contributed by atoms with E-state index in [1.165, 1.54) is 12.3 Å². The first-order chi connectivity index (χ1) is 9.60. The highest BCUT2D eigenvalue weighted by Crippen LogP contribution is 2.15. The van der Waals surface area contributed by atoms with E-state index in [2.05, 4.69) is 16.4 Å². The standard InChI is InChI=1S/C14H13N5O/c15-6-9-2-1-3-10(4-9)7-18-13-5-11(14(17)20)12(16)8-19-13/h1-5,8H,7,16H2,(H2,17,20)(H,18,19). The average Bonchev–Trinajstić information content (AvgIpc) is 2.46. The van der Waals surface area contributed by atoms with E-state index in [-0.39, 0.29) is 11.3 Å². The van der Waals surface area contributed by atoms with Crippen molar-refractivity contribution in [3.05, 3.63) is 53.2 Å². The summed E-state index contributed by atoms with van der Waals surface area (Å²) in [5, 5.41) is 11.9. The number of rotatable bonds is 4. The molecule has 1 amide bonds. The number of benzene rings is 1. The Labute approximate surface area is 116 Å². The van der Waals surface area contributed by atoms with E-state index in [9.17, 15) is 4.79 Å². The van der Waals surface area contributed by atoms with Crippen LogP contribution in [0.25, 0.3) is 0 Å². The van der Waals surface area contributed by atoms with Crippen LogP contribution in [0.5, 0.6) is 0 Å². The molecular weight excluding hydrogens is 254 g/mol. The van der Waals surface area contributed by atoms with Gasteiger partial charge in [0.1, 0.15) is 5.82 Å². The van der Waals surface area contributed by atoms with Crippen LogP contribution in [0.4, 0.5) is 11.5 Å². The molecule has 1 aromatic carbocycles. The summed E-state index contributed by atoms with van der Waals surface area (Å²) >= 11 is 0. The molecule has 1 aromatic heterocycles. The maximum atomic E-state index is 11.2. The molecule has 0 atom stereocenters. The number of anilines is 2. The second-order valence-electron chi connectivity index (χ2n) is 4.19. The summed E-state index contributed by atoms with van der Waals surface area (Å²) in [7, 11) is 0. The van der Waals surface area contributed by atoms with Gasteiger partial charge in [-0.1, -0.05) is 12.1 Å². The second-order valence-corrected chi connectivity index (χ2v) is 4.19. The number of amides is 1. The summed E-state index contributed by atoms with van der Waals surface area (Å²) in [5.41, 5.74) is 12.8. The van der Waals surface area contributed by atoms with Crippen molar-refractivity contribution in [2.45, 2.75) is 6.54 Å². The Kier molecular flexibility index (Phi) is 3.82. The van der Waals surface area contributed by atoms with Crippen molar-refractivity contribution >= 4 is 17.4 Å². The third kappa shape index (κ3) is 3.03. The van der Waals surface area contributed by atoms with Gasteiger partial charge >= 0.3 is 0 Å². The number of nitriles is 1. The van der Waals surface area contributed by atoms with Gasteiger partial charge in [0.15, 0.2) is 0 Å². The summed E-state index contributed by atoms with van der Waals surface area (Å²) < 4.78 is 0. The van der Waals surface area contributed by atoms with Crippen molar-refractivity contribution in [2.75, 3.05) is 11.1 Å². The maximum Gasteiger partial charge on any atom is 0.250 e. The van der Waals surface area contributed by atoms with Crippen molar-refractivity contribution < 1.29 is 4.79 Å². The highest BCUT2D eigenvalue weighted by atomic mass is 16.1. The molecule has 0 fully saturated rings. The number of hydrogen-bond acceptors (Lipinski definition) is 5. The lowest BCUT2D eigenvalue weighted by atomic mass is 10.1. The maximum absolute atomic E-state index is 11.2. The number of aromatic nitrogens is 1. The molecule has 2 rings (SSSR count). The summed E-state index contributed by atoms with van der Waals surface area (Å²) in [6.07, 6.45) is 1.38. The van der Waals surface area contributed by atoms with Crippen molar-refractivity contribution in [3.63, 3.8) is 0 Å². The molecule has 2 aromatic rings. The van der Waals surface area contributed by atoms with E-state index in [0.29, 0.717) is 17.9 Å². The van der Waals surface area contributed by atoms with E-state index in [4.69, 9.17) is 16.7 Å². The Bertz CT molecular complexity index is 690. The summed E-state index contributed by atoms with van der Waals surface area (Å²) in [5.74, 6) is -0.102. The van der Waals surface area contributed by atoms with Crippen LogP contribution in [0, 0.1) is 11.3 Å². The summed E-state index contributed by atoms with van der Waals surface area (Å²) in [4.78, 5) is 15.3. The minimum atomic E-state index is -0.598. The molecule has 1 heterocycles. The number of nitrogens with two attached hydrogens (primary N) is 2. The number of nitrogens with one attached hydrogen (secondary N) is 1. The molecule has 0 saturated heterocycles. The van der Waals surface area contributed by atoms with Gasteiger partial charge in [0.05, 0.1) is 29.1 Å². The number of pyridine rings is 1. The van der Waals surface area contributed by atoms with Crippen molar-refractivity contribution in [2.24, 2.45) is 5.73 Å². The molecule has 5 N–H and O–H groups in total. The van der Waals surface area contributed by atoms with Gasteiger partial charge in [0, 0.05) is 6.54 Å². The highest BCUT2D eigenvalue weighted by Gasteiger charge is 2.07. The molecule has 0 radical (unpaired) electrons. The lowest BCUT2D eigenvalue weighted by Gasteiger charge is -2.08.